The van der Waals surface area contributed by atoms with E-state index in [4.69, 9.17) is 25.8 Å². The quantitative estimate of drug-likeness (QED) is 0.272. The zero-order valence-electron chi connectivity index (χ0n) is 20.3. The first kappa shape index (κ1) is 23.5. The van der Waals surface area contributed by atoms with Crippen molar-refractivity contribution >= 4 is 22.8 Å². The van der Waals surface area contributed by atoms with Gasteiger partial charge in [-0.2, -0.15) is 5.10 Å². The molecule has 4 heterocycles. The maximum atomic E-state index is 12.6. The van der Waals surface area contributed by atoms with Gasteiger partial charge in [0.1, 0.15) is 29.3 Å². The van der Waals surface area contributed by atoms with Crippen molar-refractivity contribution in [1.29, 1.82) is 0 Å². The van der Waals surface area contributed by atoms with E-state index in [1.165, 1.54) is 6.33 Å². The number of hydrogen-bond acceptors (Lipinski definition) is 10. The highest BCUT2D eigenvalue weighted by Gasteiger charge is 2.39. The van der Waals surface area contributed by atoms with Crippen LogP contribution in [0.15, 0.2) is 35.2 Å². The number of anilines is 1. The number of amides is 1. The van der Waals surface area contributed by atoms with E-state index < -0.39 is 0 Å². The summed E-state index contributed by atoms with van der Waals surface area (Å²) in [5.41, 5.74) is 15.1. The van der Waals surface area contributed by atoms with Gasteiger partial charge in [0.2, 0.25) is 5.91 Å². The molecule has 2 saturated carbocycles. The predicted octanol–water partition coefficient (Wildman–Crippen LogP) is 2.05. The molecule has 2 aliphatic rings. The number of nitrogens with one attached hydrogen (secondary N) is 1. The van der Waals surface area contributed by atoms with Gasteiger partial charge >= 0.3 is 0 Å². The van der Waals surface area contributed by atoms with Crippen molar-refractivity contribution in [3.8, 4) is 22.6 Å². The van der Waals surface area contributed by atoms with Crippen molar-refractivity contribution in [1.82, 2.24) is 35.2 Å². The smallest absolute Gasteiger partial charge is 0.223 e. The summed E-state index contributed by atoms with van der Waals surface area (Å²) < 4.78 is 13.0. The van der Waals surface area contributed by atoms with Gasteiger partial charge in [0, 0.05) is 31.1 Å². The summed E-state index contributed by atoms with van der Waals surface area (Å²) in [7, 11) is 0. The molecule has 1 amide bonds. The summed E-state index contributed by atoms with van der Waals surface area (Å²) in [6, 6.07) is 5.76. The molecule has 2 aliphatic carbocycles. The molecule has 0 aromatic carbocycles. The molecule has 0 unspecified atom stereocenters. The van der Waals surface area contributed by atoms with Crippen LogP contribution in [0, 0.1) is 5.92 Å². The third kappa shape index (κ3) is 4.42. The van der Waals surface area contributed by atoms with Crippen molar-refractivity contribution in [2.24, 2.45) is 11.7 Å². The fourth-order valence-electron chi connectivity index (χ4n) is 4.84. The second kappa shape index (κ2) is 9.87. The molecule has 2 fully saturated rings. The van der Waals surface area contributed by atoms with Gasteiger partial charge in [-0.3, -0.25) is 9.78 Å². The standard InChI is InChI=1S/C25H29N9O3/c26-6-9-36-10-8-29-25(35)15-11-16(12-15)34-24-19(23(27)30-13-31-24)20(32-34)21-18(17-3-1-2-7-28-17)22(37-33-21)14-4-5-14/h1-3,7,13-16H,4-6,8-12,26H2,(H,29,35)(H2,27,30,31). The molecule has 12 nitrogen and oxygen atoms in total. The van der Waals surface area contributed by atoms with Crippen LogP contribution in [0.25, 0.3) is 33.7 Å². The molecule has 4 aromatic heterocycles. The van der Waals surface area contributed by atoms with E-state index in [0.717, 1.165) is 29.9 Å². The van der Waals surface area contributed by atoms with Crippen molar-refractivity contribution in [3.05, 3.63) is 36.5 Å². The Bertz CT molecular complexity index is 1410. The van der Waals surface area contributed by atoms with Crippen molar-refractivity contribution in [2.45, 2.75) is 37.6 Å². The molecule has 6 rings (SSSR count). The Balaban J connectivity index is 1.30. The largest absolute Gasteiger partial charge is 0.383 e. The number of nitrogen functional groups attached to an aromatic ring is 1. The molecule has 0 spiro atoms. The first-order chi connectivity index (χ1) is 18.2. The summed E-state index contributed by atoms with van der Waals surface area (Å²) in [4.78, 5) is 25.8. The molecule has 0 aliphatic heterocycles. The first-order valence-corrected chi connectivity index (χ1v) is 12.6. The van der Waals surface area contributed by atoms with Crippen LogP contribution in [-0.2, 0) is 9.53 Å². The normalized spacial score (nSPS) is 19.2. The number of hydrogen-bond donors (Lipinski definition) is 3. The lowest BCUT2D eigenvalue weighted by atomic mass is 9.79. The Morgan fingerprint density at radius 1 is 1.16 bits per heavy atom. The van der Waals surface area contributed by atoms with Gasteiger partial charge in [-0.15, -0.1) is 0 Å². The van der Waals surface area contributed by atoms with Crippen LogP contribution in [0.1, 0.15) is 43.4 Å². The number of pyridine rings is 1. The van der Waals surface area contributed by atoms with Crippen LogP contribution in [0.5, 0.6) is 0 Å². The van der Waals surface area contributed by atoms with Gasteiger partial charge in [-0.05, 0) is 37.8 Å². The second-order valence-corrected chi connectivity index (χ2v) is 9.52. The zero-order chi connectivity index (χ0) is 25.4. The van der Waals surface area contributed by atoms with Crippen LogP contribution < -0.4 is 16.8 Å². The minimum atomic E-state index is -0.0982. The van der Waals surface area contributed by atoms with Crippen LogP contribution in [0.4, 0.5) is 5.82 Å². The van der Waals surface area contributed by atoms with E-state index in [1.807, 2.05) is 22.9 Å². The lowest BCUT2D eigenvalue weighted by Gasteiger charge is -2.34. The minimum absolute atomic E-state index is 0.00268. The minimum Gasteiger partial charge on any atom is -0.383 e. The second-order valence-electron chi connectivity index (χ2n) is 9.52. The highest BCUT2D eigenvalue weighted by atomic mass is 16.5. The highest BCUT2D eigenvalue weighted by Crippen LogP contribution is 2.48. The lowest BCUT2D eigenvalue weighted by molar-refractivity contribution is -0.129. The SMILES string of the molecule is NCCOCCNC(=O)C1CC(n2nc(-c3noc(C4CC4)c3-c3ccccn3)c3c(N)ncnc32)C1. The fraction of sp³-hybridized carbons (Fsp3) is 0.440. The fourth-order valence-corrected chi connectivity index (χ4v) is 4.84. The number of nitrogens with zero attached hydrogens (tertiary/aromatic N) is 6. The van der Waals surface area contributed by atoms with Crippen LogP contribution in [0.3, 0.4) is 0 Å². The van der Waals surface area contributed by atoms with Crippen LogP contribution >= 0.6 is 0 Å². The van der Waals surface area contributed by atoms with Gasteiger partial charge in [-0.1, -0.05) is 11.2 Å². The molecule has 37 heavy (non-hydrogen) atoms. The maximum Gasteiger partial charge on any atom is 0.223 e. The molecular formula is C25H29N9O3. The number of aromatic nitrogens is 6. The van der Waals surface area contributed by atoms with E-state index in [0.29, 0.717) is 73.3 Å². The van der Waals surface area contributed by atoms with Gasteiger partial charge in [0.05, 0.1) is 35.9 Å². The molecular weight excluding hydrogens is 474 g/mol. The average molecular weight is 504 g/mol. The van der Waals surface area contributed by atoms with Crippen LogP contribution in [0.2, 0.25) is 0 Å². The summed E-state index contributed by atoms with van der Waals surface area (Å²) in [6.07, 6.45) is 6.59. The molecule has 192 valence electrons. The summed E-state index contributed by atoms with van der Waals surface area (Å²) >= 11 is 0. The Kier molecular flexibility index (Phi) is 6.26. The highest BCUT2D eigenvalue weighted by molar-refractivity contribution is 6.00. The molecule has 0 saturated heterocycles. The lowest BCUT2D eigenvalue weighted by Crippen LogP contribution is -2.41. The summed E-state index contributed by atoms with van der Waals surface area (Å²) in [6.45, 7) is 1.86. The van der Waals surface area contributed by atoms with E-state index in [1.54, 1.807) is 6.20 Å². The summed E-state index contributed by atoms with van der Waals surface area (Å²) in [5.74, 6) is 1.38. The number of carbonyl (C=O) groups is 1. The Labute approximate surface area is 212 Å². The van der Waals surface area contributed by atoms with Gasteiger partial charge in [0.15, 0.2) is 5.65 Å². The topological polar surface area (TPSA) is 173 Å². The first-order valence-electron chi connectivity index (χ1n) is 12.6. The molecule has 4 aromatic rings. The number of ether oxygens (including phenoxy) is 1. The van der Waals surface area contributed by atoms with Crippen LogP contribution in [-0.4, -0.2) is 62.1 Å². The molecule has 5 N–H and O–H groups in total. The summed E-state index contributed by atoms with van der Waals surface area (Å²) in [5, 5.41) is 12.9. The number of nitrogens with two attached hydrogens (primary N) is 2. The van der Waals surface area contributed by atoms with Crippen molar-refractivity contribution in [2.75, 3.05) is 32.0 Å². The molecule has 12 heteroatoms. The third-order valence-electron chi connectivity index (χ3n) is 6.97. The predicted molar refractivity (Wildman–Crippen MR) is 135 cm³/mol. The van der Waals surface area contributed by atoms with E-state index in [9.17, 15) is 4.79 Å². The number of rotatable bonds is 10. The van der Waals surface area contributed by atoms with Crippen molar-refractivity contribution in [3.63, 3.8) is 0 Å². The zero-order valence-corrected chi connectivity index (χ0v) is 20.3. The number of fused-ring (bicyclic) bond motifs is 1. The van der Waals surface area contributed by atoms with Crippen molar-refractivity contribution < 1.29 is 14.1 Å². The Morgan fingerprint density at radius 2 is 2.03 bits per heavy atom. The van der Waals surface area contributed by atoms with Gasteiger partial charge in [0.25, 0.3) is 0 Å². The van der Waals surface area contributed by atoms with E-state index >= 15 is 0 Å². The van der Waals surface area contributed by atoms with Gasteiger partial charge < -0.3 is 26.0 Å². The third-order valence-corrected chi connectivity index (χ3v) is 6.97. The molecule has 0 bridgehead atoms. The Hall–Kier alpha value is -3.90. The van der Waals surface area contributed by atoms with Gasteiger partial charge in [-0.25, -0.2) is 14.6 Å². The van der Waals surface area contributed by atoms with E-state index in [-0.39, 0.29) is 17.9 Å². The monoisotopic (exact) mass is 503 g/mol. The molecule has 0 radical (unpaired) electrons. The number of carbonyl (C=O) groups excluding carboxylic acids is 1. The maximum absolute atomic E-state index is 12.6. The Morgan fingerprint density at radius 3 is 2.78 bits per heavy atom. The average Bonchev–Trinajstić information content (AvgIpc) is 3.52. The van der Waals surface area contributed by atoms with E-state index in [2.05, 4.69) is 25.4 Å². The molecule has 0 atom stereocenters.